The second-order valence-electron chi connectivity index (χ2n) is 4.75. The molecule has 0 amide bonds. The summed E-state index contributed by atoms with van der Waals surface area (Å²) in [4.78, 5) is 8.90. The molecular formula is C15H22N4. The SMILES string of the molecule is CCNC(CC)c1ccc(-n2cnc(C)c2C)cn1. The maximum absolute atomic E-state index is 4.58. The molecular weight excluding hydrogens is 236 g/mol. The zero-order valence-electron chi connectivity index (χ0n) is 12.1. The quantitative estimate of drug-likeness (QED) is 0.896. The molecule has 2 aromatic heterocycles. The summed E-state index contributed by atoms with van der Waals surface area (Å²) in [6.07, 6.45) is 4.82. The van der Waals surface area contributed by atoms with Gasteiger partial charge in [0.2, 0.25) is 0 Å². The van der Waals surface area contributed by atoms with E-state index in [-0.39, 0.29) is 0 Å². The van der Waals surface area contributed by atoms with Gasteiger partial charge in [-0.2, -0.15) is 0 Å². The number of imidazole rings is 1. The third-order valence-electron chi connectivity index (χ3n) is 3.52. The molecule has 1 unspecified atom stereocenters. The molecule has 0 radical (unpaired) electrons. The molecule has 4 heteroatoms. The molecule has 0 bridgehead atoms. The number of hydrogen-bond donors (Lipinski definition) is 1. The zero-order valence-corrected chi connectivity index (χ0v) is 12.1. The molecule has 0 fully saturated rings. The van der Waals surface area contributed by atoms with E-state index in [1.165, 1.54) is 0 Å². The van der Waals surface area contributed by atoms with Gasteiger partial charge < -0.3 is 9.88 Å². The second-order valence-corrected chi connectivity index (χ2v) is 4.75. The average Bonchev–Trinajstić information content (AvgIpc) is 2.77. The van der Waals surface area contributed by atoms with Gasteiger partial charge in [-0.05, 0) is 38.9 Å². The maximum atomic E-state index is 4.58. The fourth-order valence-electron chi connectivity index (χ4n) is 2.21. The average molecular weight is 258 g/mol. The van der Waals surface area contributed by atoms with Crippen LogP contribution >= 0.6 is 0 Å². The number of hydrogen-bond acceptors (Lipinski definition) is 3. The molecule has 2 heterocycles. The Hall–Kier alpha value is -1.68. The van der Waals surface area contributed by atoms with Gasteiger partial charge in [0, 0.05) is 11.7 Å². The van der Waals surface area contributed by atoms with Gasteiger partial charge in [-0.25, -0.2) is 4.98 Å². The first kappa shape index (κ1) is 13.7. The molecule has 0 aromatic carbocycles. The van der Waals surface area contributed by atoms with Gasteiger partial charge in [0.15, 0.2) is 0 Å². The van der Waals surface area contributed by atoms with Crippen LogP contribution in [0.25, 0.3) is 5.69 Å². The van der Waals surface area contributed by atoms with E-state index in [1.54, 1.807) is 0 Å². The van der Waals surface area contributed by atoms with Gasteiger partial charge in [-0.15, -0.1) is 0 Å². The van der Waals surface area contributed by atoms with Crippen molar-refractivity contribution < 1.29 is 0 Å². The summed E-state index contributed by atoms with van der Waals surface area (Å²) in [6.45, 7) is 9.35. The van der Waals surface area contributed by atoms with Crippen LogP contribution in [0.2, 0.25) is 0 Å². The van der Waals surface area contributed by atoms with Crippen LogP contribution in [0.1, 0.15) is 43.4 Å². The Morgan fingerprint density at radius 1 is 1.21 bits per heavy atom. The topological polar surface area (TPSA) is 42.7 Å². The minimum atomic E-state index is 0.338. The fourth-order valence-corrected chi connectivity index (χ4v) is 2.21. The van der Waals surface area contributed by atoms with Gasteiger partial charge in [0.05, 0.1) is 29.6 Å². The van der Waals surface area contributed by atoms with Crippen molar-refractivity contribution in [3.8, 4) is 5.69 Å². The third-order valence-corrected chi connectivity index (χ3v) is 3.52. The van der Waals surface area contributed by atoms with Crippen molar-refractivity contribution in [1.29, 1.82) is 0 Å². The van der Waals surface area contributed by atoms with Crippen LogP contribution in [0.3, 0.4) is 0 Å². The monoisotopic (exact) mass is 258 g/mol. The fraction of sp³-hybridized carbons (Fsp3) is 0.467. The van der Waals surface area contributed by atoms with Crippen LogP contribution in [-0.2, 0) is 0 Å². The lowest BCUT2D eigenvalue weighted by atomic mass is 10.1. The van der Waals surface area contributed by atoms with Crippen LogP contribution in [0, 0.1) is 13.8 Å². The van der Waals surface area contributed by atoms with Crippen molar-refractivity contribution in [2.75, 3.05) is 6.54 Å². The zero-order chi connectivity index (χ0) is 13.8. The molecule has 0 saturated heterocycles. The van der Waals surface area contributed by atoms with Gasteiger partial charge in [-0.1, -0.05) is 13.8 Å². The Kier molecular flexibility index (Phi) is 4.32. The molecule has 0 saturated carbocycles. The highest BCUT2D eigenvalue weighted by Gasteiger charge is 2.10. The van der Waals surface area contributed by atoms with E-state index < -0.39 is 0 Å². The Bertz CT molecular complexity index is 528. The first-order chi connectivity index (χ1) is 9.17. The van der Waals surface area contributed by atoms with Crippen molar-refractivity contribution in [2.24, 2.45) is 0 Å². The van der Waals surface area contributed by atoms with Crippen molar-refractivity contribution in [1.82, 2.24) is 19.9 Å². The summed E-state index contributed by atoms with van der Waals surface area (Å²) in [6, 6.07) is 4.54. The molecule has 2 aromatic rings. The number of pyridine rings is 1. The van der Waals surface area contributed by atoms with Crippen molar-refractivity contribution in [3.63, 3.8) is 0 Å². The molecule has 0 aliphatic carbocycles. The number of nitrogens with zero attached hydrogens (tertiary/aromatic N) is 3. The lowest BCUT2D eigenvalue weighted by molar-refractivity contribution is 0.524. The maximum Gasteiger partial charge on any atom is 0.0997 e. The Balaban J connectivity index is 2.25. The van der Waals surface area contributed by atoms with Crippen molar-refractivity contribution >= 4 is 0 Å². The van der Waals surface area contributed by atoms with Crippen molar-refractivity contribution in [2.45, 2.75) is 40.2 Å². The second kappa shape index (κ2) is 5.97. The summed E-state index contributed by atoms with van der Waals surface area (Å²) >= 11 is 0. The first-order valence-corrected chi connectivity index (χ1v) is 6.87. The van der Waals surface area contributed by atoms with Gasteiger partial charge in [-0.3, -0.25) is 4.98 Å². The van der Waals surface area contributed by atoms with E-state index in [0.717, 1.165) is 35.7 Å². The lowest BCUT2D eigenvalue weighted by Gasteiger charge is -2.15. The Labute approximate surface area is 114 Å². The van der Waals surface area contributed by atoms with Crippen LogP contribution < -0.4 is 5.32 Å². The highest BCUT2D eigenvalue weighted by molar-refractivity contribution is 5.33. The standard InChI is InChI=1S/C15H22N4/c1-5-14(16-6-2)15-8-7-13(9-17-15)19-10-18-11(3)12(19)4/h7-10,14,16H,5-6H2,1-4H3. The van der Waals surface area contributed by atoms with Gasteiger partial charge in [0.25, 0.3) is 0 Å². The molecule has 0 aliphatic heterocycles. The minimum absolute atomic E-state index is 0.338. The van der Waals surface area contributed by atoms with Crippen molar-refractivity contribution in [3.05, 3.63) is 41.7 Å². The summed E-state index contributed by atoms with van der Waals surface area (Å²) in [7, 11) is 0. The van der Waals surface area contributed by atoms with Gasteiger partial charge in [0.1, 0.15) is 0 Å². The predicted molar refractivity (Wildman–Crippen MR) is 77.5 cm³/mol. The van der Waals surface area contributed by atoms with E-state index in [2.05, 4.69) is 52.8 Å². The minimum Gasteiger partial charge on any atom is -0.309 e. The van der Waals surface area contributed by atoms with Crippen LogP contribution in [0.5, 0.6) is 0 Å². The number of nitrogens with one attached hydrogen (secondary N) is 1. The van der Waals surface area contributed by atoms with E-state index >= 15 is 0 Å². The molecule has 0 spiro atoms. The van der Waals surface area contributed by atoms with Crippen LogP contribution in [0.4, 0.5) is 0 Å². The van der Waals surface area contributed by atoms with E-state index in [1.807, 2.05) is 19.4 Å². The number of rotatable bonds is 5. The summed E-state index contributed by atoms with van der Waals surface area (Å²) in [5, 5.41) is 3.44. The molecule has 0 aliphatic rings. The summed E-state index contributed by atoms with van der Waals surface area (Å²) in [5.41, 5.74) is 4.38. The molecule has 4 nitrogen and oxygen atoms in total. The molecule has 1 N–H and O–H groups in total. The number of aromatic nitrogens is 3. The highest BCUT2D eigenvalue weighted by atomic mass is 15.1. The Morgan fingerprint density at radius 2 is 2.00 bits per heavy atom. The molecule has 1 atom stereocenters. The molecule has 2 rings (SSSR count). The van der Waals surface area contributed by atoms with Crippen LogP contribution in [-0.4, -0.2) is 21.1 Å². The number of aryl methyl sites for hydroxylation is 1. The molecule has 19 heavy (non-hydrogen) atoms. The summed E-state index contributed by atoms with van der Waals surface area (Å²) < 4.78 is 2.07. The highest BCUT2D eigenvalue weighted by Crippen LogP contribution is 2.17. The van der Waals surface area contributed by atoms with E-state index in [0.29, 0.717) is 6.04 Å². The lowest BCUT2D eigenvalue weighted by Crippen LogP contribution is -2.21. The summed E-state index contributed by atoms with van der Waals surface area (Å²) in [5.74, 6) is 0. The molecule has 102 valence electrons. The van der Waals surface area contributed by atoms with Crippen LogP contribution in [0.15, 0.2) is 24.7 Å². The van der Waals surface area contributed by atoms with E-state index in [4.69, 9.17) is 0 Å². The predicted octanol–water partition coefficient (Wildman–Crippen LogP) is 2.94. The Morgan fingerprint density at radius 3 is 2.47 bits per heavy atom. The largest absolute Gasteiger partial charge is 0.309 e. The third kappa shape index (κ3) is 2.84. The van der Waals surface area contributed by atoms with E-state index in [9.17, 15) is 0 Å². The van der Waals surface area contributed by atoms with Gasteiger partial charge >= 0.3 is 0 Å². The normalized spacial score (nSPS) is 12.6. The first-order valence-electron chi connectivity index (χ1n) is 6.87. The smallest absolute Gasteiger partial charge is 0.0997 e.